The van der Waals surface area contributed by atoms with Crippen molar-refractivity contribution in [3.8, 4) is 0 Å². The molecule has 0 saturated heterocycles. The smallest absolute Gasteiger partial charge is 0.0290 e. The summed E-state index contributed by atoms with van der Waals surface area (Å²) in [4.78, 5) is 0. The van der Waals surface area contributed by atoms with E-state index in [1.54, 1.807) is 0 Å². The van der Waals surface area contributed by atoms with Crippen molar-refractivity contribution in [1.29, 1.82) is 0 Å². The monoisotopic (exact) mass is 154 g/mol. The summed E-state index contributed by atoms with van der Waals surface area (Å²) in [6.07, 6.45) is 8.55. The molecule has 0 aliphatic carbocycles. The quantitative estimate of drug-likeness (QED) is 0.524. The summed E-state index contributed by atoms with van der Waals surface area (Å²) in [5.74, 6) is 1.62. The maximum Gasteiger partial charge on any atom is -0.0290 e. The van der Waals surface area contributed by atoms with Gasteiger partial charge in [-0.15, -0.1) is 0 Å². The predicted octanol–water partition coefficient (Wildman–Crippen LogP) is 4.02. The van der Waals surface area contributed by atoms with E-state index in [1.165, 1.54) is 19.3 Å². The Hall–Kier alpha value is -0.260. The van der Waals surface area contributed by atoms with Gasteiger partial charge in [0.2, 0.25) is 0 Å². The topological polar surface area (TPSA) is 0 Å². The van der Waals surface area contributed by atoms with Gasteiger partial charge in [-0.2, -0.15) is 0 Å². The van der Waals surface area contributed by atoms with Crippen LogP contribution in [-0.4, -0.2) is 0 Å². The highest BCUT2D eigenvalue weighted by molar-refractivity contribution is 4.85. The van der Waals surface area contributed by atoms with Crippen LogP contribution in [0.1, 0.15) is 47.0 Å². The highest BCUT2D eigenvalue weighted by Gasteiger charge is 1.98. The molecular formula is C11H22. The summed E-state index contributed by atoms with van der Waals surface area (Å²) < 4.78 is 0. The van der Waals surface area contributed by atoms with Gasteiger partial charge in [-0.05, 0) is 18.3 Å². The van der Waals surface area contributed by atoms with Crippen LogP contribution in [0.2, 0.25) is 0 Å². The summed E-state index contributed by atoms with van der Waals surface area (Å²) in [5.41, 5.74) is 0. The summed E-state index contributed by atoms with van der Waals surface area (Å²) in [5, 5.41) is 0. The second kappa shape index (κ2) is 6.45. The zero-order chi connectivity index (χ0) is 8.69. The van der Waals surface area contributed by atoms with Gasteiger partial charge < -0.3 is 0 Å². The standard InChI is InChI=1S/C11H22/c1-5-11(6-2)9-7-8-10(3)4/h7-8,10-11H,5-6,9H2,1-4H3/b8-7+. The molecule has 11 heavy (non-hydrogen) atoms. The Labute approximate surface area is 71.7 Å². The normalized spacial score (nSPS) is 12.2. The lowest BCUT2D eigenvalue weighted by atomic mass is 9.99. The third kappa shape index (κ3) is 6.15. The van der Waals surface area contributed by atoms with Gasteiger partial charge in [-0.25, -0.2) is 0 Å². The molecule has 0 amide bonds. The summed E-state index contributed by atoms with van der Waals surface area (Å²) >= 11 is 0. The summed E-state index contributed by atoms with van der Waals surface area (Å²) in [6, 6.07) is 0. The first kappa shape index (κ1) is 10.7. The van der Waals surface area contributed by atoms with Crippen LogP contribution in [0.15, 0.2) is 12.2 Å². The van der Waals surface area contributed by atoms with Gasteiger partial charge in [0.1, 0.15) is 0 Å². The minimum atomic E-state index is 0.712. The van der Waals surface area contributed by atoms with Crippen LogP contribution in [0, 0.1) is 11.8 Å². The lowest BCUT2D eigenvalue weighted by Gasteiger charge is -2.07. The molecule has 0 saturated carbocycles. The first-order valence-electron chi connectivity index (χ1n) is 4.87. The van der Waals surface area contributed by atoms with E-state index in [1.807, 2.05) is 0 Å². The maximum atomic E-state index is 2.34. The minimum Gasteiger partial charge on any atom is -0.0880 e. The first-order valence-corrected chi connectivity index (χ1v) is 4.87. The molecule has 0 aromatic rings. The van der Waals surface area contributed by atoms with E-state index in [9.17, 15) is 0 Å². The lowest BCUT2D eigenvalue weighted by Crippen LogP contribution is -1.93. The van der Waals surface area contributed by atoms with Gasteiger partial charge in [-0.1, -0.05) is 52.7 Å². The van der Waals surface area contributed by atoms with Crippen LogP contribution in [0.25, 0.3) is 0 Å². The summed E-state index contributed by atoms with van der Waals surface area (Å²) in [7, 11) is 0. The second-order valence-corrected chi connectivity index (χ2v) is 3.59. The van der Waals surface area contributed by atoms with E-state index >= 15 is 0 Å². The van der Waals surface area contributed by atoms with E-state index in [-0.39, 0.29) is 0 Å². The van der Waals surface area contributed by atoms with Crippen molar-refractivity contribution in [1.82, 2.24) is 0 Å². The van der Waals surface area contributed by atoms with E-state index in [0.717, 1.165) is 5.92 Å². The Balaban J connectivity index is 3.49. The Morgan fingerprint density at radius 2 is 1.64 bits per heavy atom. The molecule has 0 aromatic heterocycles. The van der Waals surface area contributed by atoms with E-state index in [2.05, 4.69) is 39.8 Å². The third-order valence-corrected chi connectivity index (χ3v) is 2.15. The van der Waals surface area contributed by atoms with Gasteiger partial charge in [0, 0.05) is 0 Å². The van der Waals surface area contributed by atoms with Crippen molar-refractivity contribution >= 4 is 0 Å². The molecule has 0 atom stereocenters. The van der Waals surface area contributed by atoms with Crippen LogP contribution in [0.3, 0.4) is 0 Å². The van der Waals surface area contributed by atoms with Crippen molar-refractivity contribution in [2.45, 2.75) is 47.0 Å². The molecule has 0 aromatic carbocycles. The molecule has 0 aliphatic rings. The Kier molecular flexibility index (Phi) is 6.30. The zero-order valence-corrected chi connectivity index (χ0v) is 8.43. The van der Waals surface area contributed by atoms with E-state index in [0.29, 0.717) is 5.92 Å². The molecular weight excluding hydrogens is 132 g/mol. The average Bonchev–Trinajstić information content (AvgIpc) is 1.98. The fourth-order valence-electron chi connectivity index (χ4n) is 1.17. The number of rotatable bonds is 5. The van der Waals surface area contributed by atoms with Gasteiger partial charge in [0.05, 0.1) is 0 Å². The SMILES string of the molecule is CCC(CC)C/C=C/C(C)C. The number of hydrogen-bond donors (Lipinski definition) is 0. The lowest BCUT2D eigenvalue weighted by molar-refractivity contribution is 0.498. The van der Waals surface area contributed by atoms with Gasteiger partial charge in [0.15, 0.2) is 0 Å². The predicted molar refractivity (Wildman–Crippen MR) is 52.7 cm³/mol. The maximum absolute atomic E-state index is 2.34. The van der Waals surface area contributed by atoms with E-state index in [4.69, 9.17) is 0 Å². The third-order valence-electron chi connectivity index (χ3n) is 2.15. The average molecular weight is 154 g/mol. The highest BCUT2D eigenvalue weighted by Crippen LogP contribution is 2.13. The van der Waals surface area contributed by atoms with Crippen molar-refractivity contribution < 1.29 is 0 Å². The van der Waals surface area contributed by atoms with Crippen molar-refractivity contribution in [3.63, 3.8) is 0 Å². The molecule has 0 heterocycles. The van der Waals surface area contributed by atoms with Crippen LogP contribution < -0.4 is 0 Å². The number of allylic oxidation sites excluding steroid dienone is 2. The van der Waals surface area contributed by atoms with E-state index < -0.39 is 0 Å². The second-order valence-electron chi connectivity index (χ2n) is 3.59. The minimum absolute atomic E-state index is 0.712. The molecule has 0 radical (unpaired) electrons. The van der Waals surface area contributed by atoms with Gasteiger partial charge in [-0.3, -0.25) is 0 Å². The van der Waals surface area contributed by atoms with Crippen LogP contribution in [-0.2, 0) is 0 Å². The summed E-state index contributed by atoms with van der Waals surface area (Å²) in [6.45, 7) is 9.00. The number of hydrogen-bond acceptors (Lipinski definition) is 0. The zero-order valence-electron chi connectivity index (χ0n) is 8.43. The molecule has 0 aliphatic heterocycles. The van der Waals surface area contributed by atoms with Crippen molar-refractivity contribution in [3.05, 3.63) is 12.2 Å². The fourth-order valence-corrected chi connectivity index (χ4v) is 1.17. The molecule has 0 nitrogen and oxygen atoms in total. The van der Waals surface area contributed by atoms with Crippen LogP contribution in [0.4, 0.5) is 0 Å². The Bertz CT molecular complexity index is 96.6. The molecule has 0 heteroatoms. The molecule has 0 fully saturated rings. The Morgan fingerprint density at radius 3 is 2.00 bits per heavy atom. The fraction of sp³-hybridized carbons (Fsp3) is 0.818. The van der Waals surface area contributed by atoms with Crippen molar-refractivity contribution in [2.75, 3.05) is 0 Å². The van der Waals surface area contributed by atoms with Gasteiger partial charge >= 0.3 is 0 Å². The van der Waals surface area contributed by atoms with Crippen LogP contribution >= 0.6 is 0 Å². The first-order chi connectivity index (χ1) is 5.20. The largest absolute Gasteiger partial charge is 0.0880 e. The highest BCUT2D eigenvalue weighted by atomic mass is 14.0. The van der Waals surface area contributed by atoms with Gasteiger partial charge in [0.25, 0.3) is 0 Å². The van der Waals surface area contributed by atoms with Crippen molar-refractivity contribution in [2.24, 2.45) is 11.8 Å². The molecule has 0 unspecified atom stereocenters. The molecule has 0 rings (SSSR count). The molecule has 0 N–H and O–H groups in total. The Morgan fingerprint density at radius 1 is 1.09 bits per heavy atom. The molecule has 0 bridgehead atoms. The molecule has 66 valence electrons. The molecule has 0 spiro atoms. The van der Waals surface area contributed by atoms with Crippen LogP contribution in [0.5, 0.6) is 0 Å².